The van der Waals surface area contributed by atoms with E-state index in [-0.39, 0.29) is 11.9 Å². The number of rotatable bonds is 6. The molecule has 2 N–H and O–H groups in total. The van der Waals surface area contributed by atoms with Crippen molar-refractivity contribution in [3.63, 3.8) is 0 Å². The van der Waals surface area contributed by atoms with Gasteiger partial charge >= 0.3 is 0 Å². The van der Waals surface area contributed by atoms with E-state index < -0.39 is 6.61 Å². The van der Waals surface area contributed by atoms with Gasteiger partial charge in [0.15, 0.2) is 0 Å². The molecule has 0 bridgehead atoms. The fourth-order valence-electron chi connectivity index (χ4n) is 2.53. The van der Waals surface area contributed by atoms with Gasteiger partial charge in [-0.3, -0.25) is 4.79 Å². The molecule has 5 nitrogen and oxygen atoms in total. The van der Waals surface area contributed by atoms with Crippen molar-refractivity contribution in [3.8, 4) is 5.75 Å². The summed E-state index contributed by atoms with van der Waals surface area (Å²) >= 11 is 0. The third-order valence-electron chi connectivity index (χ3n) is 3.64. The molecule has 0 saturated carbocycles. The van der Waals surface area contributed by atoms with Crippen LogP contribution in [-0.4, -0.2) is 49.3 Å². The molecular weight excluding hydrogens is 256 g/mol. The van der Waals surface area contributed by atoms with Crippen LogP contribution in [0.4, 0.5) is 0 Å². The predicted octanol–water partition coefficient (Wildman–Crippen LogP) is 0.941. The molecule has 110 valence electrons. The maximum atomic E-state index is 11.5. The van der Waals surface area contributed by atoms with Gasteiger partial charge in [-0.25, -0.2) is 0 Å². The quantitative estimate of drug-likeness (QED) is 0.813. The number of hydrogen-bond acceptors (Lipinski definition) is 4. The molecule has 1 aromatic carbocycles. The first-order valence-corrected chi connectivity index (χ1v) is 6.99. The van der Waals surface area contributed by atoms with Crippen LogP contribution >= 0.6 is 0 Å². The lowest BCUT2D eigenvalue weighted by Gasteiger charge is -2.24. The van der Waals surface area contributed by atoms with Gasteiger partial charge in [0.05, 0.1) is 13.2 Å². The Bertz CT molecular complexity index is 427. The van der Waals surface area contributed by atoms with Crippen molar-refractivity contribution in [2.45, 2.75) is 18.9 Å². The van der Waals surface area contributed by atoms with E-state index in [9.17, 15) is 4.79 Å². The maximum Gasteiger partial charge on any atom is 0.246 e. The van der Waals surface area contributed by atoms with Gasteiger partial charge in [-0.1, -0.05) is 12.1 Å². The number of aliphatic hydroxyl groups is 1. The zero-order valence-electron chi connectivity index (χ0n) is 11.8. The summed E-state index contributed by atoms with van der Waals surface area (Å²) in [5.41, 5.74) is 1.03. The average molecular weight is 278 g/mol. The van der Waals surface area contributed by atoms with E-state index in [0.717, 1.165) is 30.9 Å². The van der Waals surface area contributed by atoms with Crippen molar-refractivity contribution < 1.29 is 14.6 Å². The number of methoxy groups -OCH3 is 1. The molecule has 5 heteroatoms. The second-order valence-corrected chi connectivity index (χ2v) is 5.06. The lowest BCUT2D eigenvalue weighted by molar-refractivity contribution is -0.124. The zero-order valence-corrected chi connectivity index (χ0v) is 11.8. The Kier molecular flexibility index (Phi) is 5.38. The predicted molar refractivity (Wildman–Crippen MR) is 76.6 cm³/mol. The number of aliphatic hydroxyl groups excluding tert-OH is 1. The maximum absolute atomic E-state index is 11.5. The first-order chi connectivity index (χ1) is 9.72. The monoisotopic (exact) mass is 278 g/mol. The third-order valence-corrected chi connectivity index (χ3v) is 3.64. The second kappa shape index (κ2) is 7.26. The van der Waals surface area contributed by atoms with Crippen molar-refractivity contribution in [1.29, 1.82) is 0 Å². The van der Waals surface area contributed by atoms with Crippen LogP contribution in [0.3, 0.4) is 0 Å². The minimum Gasteiger partial charge on any atom is -0.497 e. The molecule has 1 saturated heterocycles. The molecule has 0 spiro atoms. The molecule has 2 rings (SSSR count). The van der Waals surface area contributed by atoms with Gasteiger partial charge in [0.2, 0.25) is 5.91 Å². The lowest BCUT2D eigenvalue weighted by atomic mass is 10.1. The number of amides is 1. The summed E-state index contributed by atoms with van der Waals surface area (Å²) in [6.45, 7) is 2.44. The minimum absolute atomic E-state index is 0.0985. The fourth-order valence-corrected chi connectivity index (χ4v) is 2.53. The Hall–Kier alpha value is -1.59. The summed E-state index contributed by atoms with van der Waals surface area (Å²) in [4.78, 5) is 13.8. The molecule has 0 aliphatic carbocycles. The summed E-state index contributed by atoms with van der Waals surface area (Å²) in [7, 11) is 1.63. The molecule has 1 fully saturated rings. The van der Waals surface area contributed by atoms with Crippen molar-refractivity contribution in [3.05, 3.63) is 29.8 Å². The van der Waals surface area contributed by atoms with Crippen molar-refractivity contribution >= 4 is 5.91 Å². The SMILES string of the molecule is COc1ccc(C(CN2CCCC2)NC(=O)CO)cc1. The summed E-state index contributed by atoms with van der Waals surface area (Å²) in [5.74, 6) is 0.451. The van der Waals surface area contributed by atoms with E-state index >= 15 is 0 Å². The summed E-state index contributed by atoms with van der Waals surface area (Å²) in [6.07, 6.45) is 2.42. The van der Waals surface area contributed by atoms with Gasteiger partial charge in [0, 0.05) is 6.54 Å². The van der Waals surface area contributed by atoms with Crippen molar-refractivity contribution in [2.75, 3.05) is 33.4 Å². The summed E-state index contributed by atoms with van der Waals surface area (Å²) < 4.78 is 5.15. The Morgan fingerprint density at radius 1 is 1.35 bits per heavy atom. The number of ether oxygens (including phenoxy) is 1. The molecule has 1 aromatic rings. The Morgan fingerprint density at radius 3 is 2.55 bits per heavy atom. The van der Waals surface area contributed by atoms with E-state index in [4.69, 9.17) is 9.84 Å². The summed E-state index contributed by atoms with van der Waals surface area (Å²) in [5, 5.41) is 11.8. The largest absolute Gasteiger partial charge is 0.497 e. The molecule has 0 radical (unpaired) electrons. The summed E-state index contributed by atoms with van der Waals surface area (Å²) in [6, 6.07) is 7.59. The van der Waals surface area contributed by atoms with Crippen LogP contribution in [0.25, 0.3) is 0 Å². The number of carbonyl (C=O) groups excluding carboxylic acids is 1. The Balaban J connectivity index is 2.08. The number of carbonyl (C=O) groups is 1. The topological polar surface area (TPSA) is 61.8 Å². The van der Waals surface area contributed by atoms with E-state index in [1.165, 1.54) is 12.8 Å². The first-order valence-electron chi connectivity index (χ1n) is 6.99. The molecule has 1 heterocycles. The van der Waals surface area contributed by atoms with Crippen LogP contribution in [-0.2, 0) is 4.79 Å². The Morgan fingerprint density at radius 2 is 2.00 bits per heavy atom. The molecule has 1 aliphatic rings. The lowest BCUT2D eigenvalue weighted by Crippen LogP contribution is -2.38. The first kappa shape index (κ1) is 14.8. The number of nitrogens with one attached hydrogen (secondary N) is 1. The molecule has 1 atom stereocenters. The van der Waals surface area contributed by atoms with E-state index in [2.05, 4.69) is 10.2 Å². The van der Waals surface area contributed by atoms with Crippen LogP contribution in [0, 0.1) is 0 Å². The molecule has 1 aliphatic heterocycles. The molecule has 20 heavy (non-hydrogen) atoms. The number of likely N-dealkylation sites (tertiary alicyclic amines) is 1. The smallest absolute Gasteiger partial charge is 0.246 e. The molecule has 1 unspecified atom stereocenters. The van der Waals surface area contributed by atoms with Gasteiger partial charge in [-0.15, -0.1) is 0 Å². The van der Waals surface area contributed by atoms with Crippen LogP contribution in [0.2, 0.25) is 0 Å². The van der Waals surface area contributed by atoms with E-state index in [1.54, 1.807) is 7.11 Å². The van der Waals surface area contributed by atoms with Crippen molar-refractivity contribution in [2.24, 2.45) is 0 Å². The van der Waals surface area contributed by atoms with Gasteiger partial charge in [-0.2, -0.15) is 0 Å². The van der Waals surface area contributed by atoms with E-state index in [1.807, 2.05) is 24.3 Å². The normalized spacial score (nSPS) is 16.9. The van der Waals surface area contributed by atoms with Gasteiger partial charge in [0.1, 0.15) is 12.4 Å². The molecular formula is C15H22N2O3. The van der Waals surface area contributed by atoms with Gasteiger partial charge in [0.25, 0.3) is 0 Å². The highest BCUT2D eigenvalue weighted by Crippen LogP contribution is 2.20. The highest BCUT2D eigenvalue weighted by atomic mass is 16.5. The van der Waals surface area contributed by atoms with Gasteiger partial charge < -0.3 is 20.1 Å². The van der Waals surface area contributed by atoms with Gasteiger partial charge in [-0.05, 0) is 43.6 Å². The van der Waals surface area contributed by atoms with Crippen LogP contribution in [0.5, 0.6) is 5.75 Å². The van der Waals surface area contributed by atoms with Crippen molar-refractivity contribution in [1.82, 2.24) is 10.2 Å². The van der Waals surface area contributed by atoms with E-state index in [0.29, 0.717) is 0 Å². The average Bonchev–Trinajstić information content (AvgIpc) is 2.99. The van der Waals surface area contributed by atoms with Crippen LogP contribution < -0.4 is 10.1 Å². The molecule has 1 amide bonds. The third kappa shape index (κ3) is 3.95. The second-order valence-electron chi connectivity index (χ2n) is 5.06. The standard InChI is InChI=1S/C15H22N2O3/c1-20-13-6-4-12(5-7-13)14(16-15(19)11-18)10-17-8-2-3-9-17/h4-7,14,18H,2-3,8-11H2,1H3,(H,16,19). The highest BCUT2D eigenvalue weighted by molar-refractivity contribution is 5.77. The fraction of sp³-hybridized carbons (Fsp3) is 0.533. The van der Waals surface area contributed by atoms with Crippen LogP contribution in [0.15, 0.2) is 24.3 Å². The number of benzene rings is 1. The Labute approximate surface area is 119 Å². The molecule has 0 aromatic heterocycles. The number of hydrogen-bond donors (Lipinski definition) is 2. The van der Waals surface area contributed by atoms with Crippen LogP contribution in [0.1, 0.15) is 24.4 Å². The minimum atomic E-state index is -0.480. The zero-order chi connectivity index (χ0) is 14.4. The number of nitrogens with zero attached hydrogens (tertiary/aromatic N) is 1. The highest BCUT2D eigenvalue weighted by Gasteiger charge is 2.20.